The molecular formula is C51H29N5O. The third-order valence-electron chi connectivity index (χ3n) is 10.8. The van der Waals surface area contributed by atoms with Gasteiger partial charge in [0.05, 0.1) is 12.1 Å². The first kappa shape index (κ1) is 32.4. The maximum absolute atomic E-state index is 7.44. The van der Waals surface area contributed by atoms with Crippen LogP contribution in [0.2, 0.25) is 0 Å². The molecule has 0 unspecified atom stereocenters. The highest BCUT2D eigenvalue weighted by atomic mass is 16.3. The zero-order chi connectivity index (χ0) is 37.9. The Balaban J connectivity index is 1.09. The van der Waals surface area contributed by atoms with Gasteiger partial charge in [-0.05, 0) is 80.7 Å². The van der Waals surface area contributed by atoms with Crippen LogP contribution >= 0.6 is 0 Å². The zero-order valence-corrected chi connectivity index (χ0v) is 30.4. The number of nitrogens with zero attached hydrogens (tertiary/aromatic N) is 5. The van der Waals surface area contributed by atoms with Crippen molar-refractivity contribution in [2.75, 3.05) is 0 Å². The zero-order valence-electron chi connectivity index (χ0n) is 30.4. The predicted molar refractivity (Wildman–Crippen MR) is 231 cm³/mol. The standard InChI is InChI=1S/C51H29N5O/c1-52-36-23-20-31(21-24-36)42-29-45-41-18-10-26-53-48(41)43(30-44(45)38-16-6-5-15-37(38)42)33-13-9-14-34(27-33)50-54-49(32-11-3-2-4-12-32)55-51(56-50)35-22-25-40-39-17-7-8-19-46(39)57-47(40)28-35/h2-30H. The third kappa shape index (κ3) is 5.49. The fraction of sp³-hybridized carbons (Fsp3) is 0. The molecule has 264 valence electrons. The minimum atomic E-state index is 0.565. The summed E-state index contributed by atoms with van der Waals surface area (Å²) in [4.78, 5) is 23.7. The van der Waals surface area contributed by atoms with Crippen LogP contribution in [-0.2, 0) is 0 Å². The molecule has 8 aromatic carbocycles. The van der Waals surface area contributed by atoms with Crippen molar-refractivity contribution in [2.45, 2.75) is 0 Å². The Morgan fingerprint density at radius 2 is 0.982 bits per heavy atom. The minimum Gasteiger partial charge on any atom is -0.456 e. The number of furan rings is 1. The summed E-state index contributed by atoms with van der Waals surface area (Å²) >= 11 is 0. The summed E-state index contributed by atoms with van der Waals surface area (Å²) in [6.45, 7) is 7.44. The second-order valence-electron chi connectivity index (χ2n) is 14.1. The first-order chi connectivity index (χ1) is 28.2. The SMILES string of the molecule is [C-]#[N+]c1ccc(-c2cc3c4cccnc4c(-c4cccc(-c5nc(-c6ccccc6)nc(-c6ccc7c(c6)oc6ccccc67)n5)c4)cc3c3ccccc23)cc1. The topological polar surface area (TPSA) is 69.1 Å². The molecule has 0 radical (unpaired) electrons. The summed E-state index contributed by atoms with van der Waals surface area (Å²) < 4.78 is 6.25. The van der Waals surface area contributed by atoms with E-state index in [9.17, 15) is 0 Å². The molecule has 0 aliphatic carbocycles. The summed E-state index contributed by atoms with van der Waals surface area (Å²) in [7, 11) is 0. The monoisotopic (exact) mass is 727 g/mol. The van der Waals surface area contributed by atoms with E-state index >= 15 is 0 Å². The Bertz CT molecular complexity index is 3420. The summed E-state index contributed by atoms with van der Waals surface area (Å²) in [5.74, 6) is 1.73. The molecule has 0 aliphatic rings. The van der Waals surface area contributed by atoms with E-state index in [0.717, 1.165) is 93.3 Å². The van der Waals surface area contributed by atoms with E-state index in [0.29, 0.717) is 23.2 Å². The highest BCUT2D eigenvalue weighted by molar-refractivity contribution is 6.23. The molecule has 57 heavy (non-hydrogen) atoms. The molecule has 11 aromatic rings. The molecule has 0 atom stereocenters. The molecule has 0 aliphatic heterocycles. The lowest BCUT2D eigenvalue weighted by atomic mass is 9.89. The van der Waals surface area contributed by atoms with Crippen molar-refractivity contribution >= 4 is 60.1 Å². The van der Waals surface area contributed by atoms with Crippen LogP contribution in [-0.4, -0.2) is 19.9 Å². The smallest absolute Gasteiger partial charge is 0.187 e. The number of para-hydroxylation sites is 1. The highest BCUT2D eigenvalue weighted by Crippen LogP contribution is 2.42. The maximum Gasteiger partial charge on any atom is 0.187 e. The number of pyridine rings is 1. The van der Waals surface area contributed by atoms with Crippen molar-refractivity contribution < 1.29 is 4.42 Å². The molecule has 0 bridgehead atoms. The number of fused-ring (bicyclic) bond motifs is 8. The molecule has 0 fully saturated rings. The molecule has 0 spiro atoms. The highest BCUT2D eigenvalue weighted by Gasteiger charge is 2.18. The van der Waals surface area contributed by atoms with Crippen LogP contribution < -0.4 is 0 Å². The number of hydrogen-bond acceptors (Lipinski definition) is 5. The number of rotatable bonds is 5. The maximum atomic E-state index is 7.44. The van der Waals surface area contributed by atoms with Gasteiger partial charge in [0.25, 0.3) is 0 Å². The predicted octanol–water partition coefficient (Wildman–Crippen LogP) is 13.5. The van der Waals surface area contributed by atoms with Gasteiger partial charge >= 0.3 is 0 Å². The van der Waals surface area contributed by atoms with E-state index in [4.69, 9.17) is 30.9 Å². The Morgan fingerprint density at radius 3 is 1.79 bits per heavy atom. The van der Waals surface area contributed by atoms with Crippen molar-refractivity contribution in [1.29, 1.82) is 0 Å². The van der Waals surface area contributed by atoms with Crippen LogP contribution in [0.1, 0.15) is 0 Å². The Labute approximate surface area is 327 Å². The van der Waals surface area contributed by atoms with Crippen molar-refractivity contribution in [3.63, 3.8) is 0 Å². The van der Waals surface area contributed by atoms with Crippen LogP contribution in [0.25, 0.3) is 116 Å². The molecule has 0 saturated heterocycles. The lowest BCUT2D eigenvalue weighted by Crippen LogP contribution is -2.00. The van der Waals surface area contributed by atoms with E-state index in [1.165, 1.54) is 0 Å². The van der Waals surface area contributed by atoms with E-state index < -0.39 is 0 Å². The van der Waals surface area contributed by atoms with Gasteiger partial charge in [-0.15, -0.1) is 0 Å². The summed E-state index contributed by atoms with van der Waals surface area (Å²) in [6, 6.07) is 57.7. The van der Waals surface area contributed by atoms with E-state index in [1.54, 1.807) is 0 Å². The molecule has 0 saturated carbocycles. The molecule has 0 amide bonds. The largest absolute Gasteiger partial charge is 0.456 e. The van der Waals surface area contributed by atoms with E-state index in [2.05, 4.69) is 89.8 Å². The second kappa shape index (κ2) is 13.1. The van der Waals surface area contributed by atoms with Gasteiger partial charge in [-0.25, -0.2) is 19.8 Å². The fourth-order valence-electron chi connectivity index (χ4n) is 8.04. The van der Waals surface area contributed by atoms with Crippen LogP contribution in [0.4, 0.5) is 5.69 Å². The lowest BCUT2D eigenvalue weighted by molar-refractivity contribution is 0.669. The van der Waals surface area contributed by atoms with Gasteiger partial charge in [0, 0.05) is 44.6 Å². The Hall–Kier alpha value is -8.01. The lowest BCUT2D eigenvalue weighted by Gasteiger charge is -2.16. The number of hydrogen-bond donors (Lipinski definition) is 0. The first-order valence-electron chi connectivity index (χ1n) is 18.7. The van der Waals surface area contributed by atoms with Gasteiger partial charge in [0.1, 0.15) is 11.2 Å². The Kier molecular flexibility index (Phi) is 7.44. The van der Waals surface area contributed by atoms with Crippen molar-refractivity contribution in [3.05, 3.63) is 187 Å². The molecule has 0 N–H and O–H groups in total. The third-order valence-corrected chi connectivity index (χ3v) is 10.8. The molecular weight excluding hydrogens is 699 g/mol. The summed E-state index contributed by atoms with van der Waals surface area (Å²) in [5, 5.41) is 7.76. The van der Waals surface area contributed by atoms with Crippen molar-refractivity contribution in [3.8, 4) is 56.4 Å². The molecule has 6 nitrogen and oxygen atoms in total. The van der Waals surface area contributed by atoms with Gasteiger partial charge in [0.2, 0.25) is 0 Å². The van der Waals surface area contributed by atoms with E-state index in [1.807, 2.05) is 91.1 Å². The second-order valence-corrected chi connectivity index (χ2v) is 14.1. The van der Waals surface area contributed by atoms with Gasteiger partial charge < -0.3 is 4.42 Å². The van der Waals surface area contributed by atoms with E-state index in [-0.39, 0.29) is 0 Å². The van der Waals surface area contributed by atoms with Crippen LogP contribution in [0, 0.1) is 6.57 Å². The summed E-state index contributed by atoms with van der Waals surface area (Å²) in [5.41, 5.74) is 9.99. The summed E-state index contributed by atoms with van der Waals surface area (Å²) in [6.07, 6.45) is 1.86. The molecule has 3 aromatic heterocycles. The number of benzene rings is 8. The van der Waals surface area contributed by atoms with Crippen molar-refractivity contribution in [1.82, 2.24) is 19.9 Å². The fourth-order valence-corrected chi connectivity index (χ4v) is 8.04. The van der Waals surface area contributed by atoms with Crippen LogP contribution in [0.5, 0.6) is 0 Å². The Morgan fingerprint density at radius 1 is 0.386 bits per heavy atom. The molecule has 11 rings (SSSR count). The normalized spacial score (nSPS) is 11.5. The average molecular weight is 728 g/mol. The van der Waals surface area contributed by atoms with Gasteiger partial charge in [-0.2, -0.15) is 0 Å². The average Bonchev–Trinajstić information content (AvgIpc) is 3.67. The van der Waals surface area contributed by atoms with Gasteiger partial charge in [0.15, 0.2) is 23.2 Å². The number of aromatic nitrogens is 4. The quantitative estimate of drug-likeness (QED) is 0.130. The van der Waals surface area contributed by atoms with Crippen LogP contribution in [0.3, 0.4) is 0 Å². The van der Waals surface area contributed by atoms with Crippen LogP contribution in [0.15, 0.2) is 180 Å². The first-order valence-corrected chi connectivity index (χ1v) is 18.7. The molecule has 3 heterocycles. The van der Waals surface area contributed by atoms with Gasteiger partial charge in [-0.3, -0.25) is 4.98 Å². The van der Waals surface area contributed by atoms with Crippen molar-refractivity contribution in [2.24, 2.45) is 0 Å². The van der Waals surface area contributed by atoms with Gasteiger partial charge in [-0.1, -0.05) is 127 Å². The molecule has 6 heteroatoms. The minimum absolute atomic E-state index is 0.565.